The molecule has 4 heterocycles. The number of rotatable bonds is 8. The number of hydrogen-bond acceptors (Lipinski definition) is 7. The Morgan fingerprint density at radius 3 is 2.56 bits per heavy atom. The van der Waals surface area contributed by atoms with E-state index < -0.39 is 17.6 Å². The van der Waals surface area contributed by atoms with Gasteiger partial charge >= 0.3 is 6.18 Å². The summed E-state index contributed by atoms with van der Waals surface area (Å²) in [6, 6.07) is 18.9. The second-order valence-corrected chi connectivity index (χ2v) is 10.1. The molecule has 0 bridgehead atoms. The van der Waals surface area contributed by atoms with Crippen molar-refractivity contribution in [1.82, 2.24) is 24.5 Å². The normalized spacial score (nSPS) is 14.1. The van der Waals surface area contributed by atoms with Crippen LogP contribution in [0.25, 0.3) is 28.2 Å². The third kappa shape index (κ3) is 6.65. The Kier molecular flexibility index (Phi) is 8.03. The van der Waals surface area contributed by atoms with Crippen molar-refractivity contribution in [3.63, 3.8) is 0 Å². The molecule has 1 amide bonds. The van der Waals surface area contributed by atoms with Gasteiger partial charge < -0.3 is 15.4 Å². The van der Waals surface area contributed by atoms with Crippen LogP contribution in [0.5, 0.6) is 0 Å². The lowest BCUT2D eigenvalue weighted by molar-refractivity contribution is -0.137. The van der Waals surface area contributed by atoms with Crippen LogP contribution in [-0.2, 0) is 10.9 Å². The fourth-order valence-corrected chi connectivity index (χ4v) is 4.90. The standard InChI is InChI=1S/C31H28F3N7O2/c32-31(33,34)24-5-1-4-23(17-24)30(42)38-25-6-2-3-22(18-25)27-8-10-37-29-20-26(39-41(27)29)21-7-9-35-28(19-21)36-11-12-40-13-15-43-16-14-40/h1-10,17-20H,11-16H2,(H,35,36)(H,38,42). The van der Waals surface area contributed by atoms with Gasteiger partial charge in [-0.25, -0.2) is 14.5 Å². The molecule has 1 aliphatic heterocycles. The highest BCUT2D eigenvalue weighted by atomic mass is 19.4. The highest BCUT2D eigenvalue weighted by Gasteiger charge is 2.31. The molecule has 0 spiro atoms. The molecule has 3 aromatic heterocycles. The Hall–Kier alpha value is -4.81. The average Bonchev–Trinajstić information content (AvgIpc) is 3.46. The molecule has 1 fully saturated rings. The molecule has 220 valence electrons. The Morgan fingerprint density at radius 1 is 0.907 bits per heavy atom. The summed E-state index contributed by atoms with van der Waals surface area (Å²) in [4.78, 5) is 24.0. The van der Waals surface area contributed by atoms with Crippen LogP contribution in [0.4, 0.5) is 24.7 Å². The smallest absolute Gasteiger partial charge is 0.379 e. The van der Waals surface area contributed by atoms with Crippen LogP contribution in [0.1, 0.15) is 15.9 Å². The maximum atomic E-state index is 13.1. The minimum atomic E-state index is -4.54. The van der Waals surface area contributed by atoms with Crippen LogP contribution >= 0.6 is 0 Å². The first-order valence-corrected chi connectivity index (χ1v) is 13.8. The number of benzene rings is 2. The van der Waals surface area contributed by atoms with Crippen LogP contribution in [0, 0.1) is 0 Å². The van der Waals surface area contributed by atoms with Crippen molar-refractivity contribution in [2.45, 2.75) is 6.18 Å². The summed E-state index contributed by atoms with van der Waals surface area (Å²) >= 11 is 0. The van der Waals surface area contributed by atoms with E-state index in [1.165, 1.54) is 12.1 Å². The predicted octanol–water partition coefficient (Wildman–Crippen LogP) is 5.47. The number of morpholine rings is 1. The zero-order chi connectivity index (χ0) is 29.8. The van der Waals surface area contributed by atoms with E-state index in [0.29, 0.717) is 17.0 Å². The Morgan fingerprint density at radius 2 is 1.72 bits per heavy atom. The molecule has 0 unspecified atom stereocenters. The van der Waals surface area contributed by atoms with E-state index >= 15 is 0 Å². The van der Waals surface area contributed by atoms with Crippen LogP contribution in [-0.4, -0.2) is 69.8 Å². The molecule has 2 N–H and O–H groups in total. The molecule has 0 atom stereocenters. The van der Waals surface area contributed by atoms with Crippen LogP contribution in [0.15, 0.2) is 85.2 Å². The number of amides is 1. The second-order valence-electron chi connectivity index (χ2n) is 10.1. The minimum Gasteiger partial charge on any atom is -0.379 e. The van der Waals surface area contributed by atoms with E-state index in [2.05, 4.69) is 25.5 Å². The fraction of sp³-hybridized carbons (Fsp3) is 0.226. The first kappa shape index (κ1) is 28.3. The van der Waals surface area contributed by atoms with Gasteiger partial charge in [0.25, 0.3) is 5.91 Å². The Bertz CT molecular complexity index is 1750. The first-order chi connectivity index (χ1) is 20.8. The summed E-state index contributed by atoms with van der Waals surface area (Å²) in [7, 11) is 0. The quantitative estimate of drug-likeness (QED) is 0.248. The van der Waals surface area contributed by atoms with Gasteiger partial charge in [-0.3, -0.25) is 9.69 Å². The number of carbonyl (C=O) groups excluding carboxylic acids is 1. The predicted molar refractivity (Wildman–Crippen MR) is 157 cm³/mol. The van der Waals surface area contributed by atoms with Crippen LogP contribution in [0.2, 0.25) is 0 Å². The molecule has 12 heteroatoms. The number of carbonyl (C=O) groups is 1. The summed E-state index contributed by atoms with van der Waals surface area (Å²) in [6.07, 6.45) is -1.13. The average molecular weight is 588 g/mol. The van der Waals surface area contributed by atoms with Gasteiger partial charge in [0.15, 0.2) is 5.65 Å². The molecular weight excluding hydrogens is 559 g/mol. The number of halogens is 3. The van der Waals surface area contributed by atoms with Crippen LogP contribution in [0.3, 0.4) is 0 Å². The lowest BCUT2D eigenvalue weighted by Crippen LogP contribution is -2.39. The number of fused-ring (bicyclic) bond motifs is 1. The SMILES string of the molecule is O=C(Nc1cccc(-c2ccnc3cc(-c4ccnc(NCCN5CCOCC5)c4)nn23)c1)c1cccc(C(F)(F)F)c1. The Labute approximate surface area is 245 Å². The minimum absolute atomic E-state index is 0.0875. The van der Waals surface area contributed by atoms with Crippen molar-refractivity contribution in [3.8, 4) is 22.5 Å². The molecule has 0 radical (unpaired) electrons. The fourth-order valence-electron chi connectivity index (χ4n) is 4.90. The van der Waals surface area contributed by atoms with Crippen LogP contribution < -0.4 is 10.6 Å². The lowest BCUT2D eigenvalue weighted by atomic mass is 10.1. The van der Waals surface area contributed by atoms with E-state index in [4.69, 9.17) is 9.84 Å². The van der Waals surface area contributed by atoms with Crippen molar-refractivity contribution in [2.75, 3.05) is 50.0 Å². The molecule has 6 rings (SSSR count). The van der Waals surface area contributed by atoms with E-state index in [1.54, 1.807) is 35.1 Å². The summed E-state index contributed by atoms with van der Waals surface area (Å²) in [6.45, 7) is 5.03. The molecule has 2 aromatic carbocycles. The van der Waals surface area contributed by atoms with E-state index in [1.807, 2.05) is 30.3 Å². The van der Waals surface area contributed by atoms with Gasteiger partial charge in [-0.1, -0.05) is 18.2 Å². The van der Waals surface area contributed by atoms with Gasteiger partial charge in [0.2, 0.25) is 0 Å². The largest absolute Gasteiger partial charge is 0.416 e. The summed E-state index contributed by atoms with van der Waals surface area (Å²) in [5.74, 6) is 0.108. The van der Waals surface area contributed by atoms with Gasteiger partial charge in [-0.15, -0.1) is 0 Å². The maximum absolute atomic E-state index is 13.1. The topological polar surface area (TPSA) is 96.7 Å². The molecule has 1 saturated heterocycles. The molecule has 43 heavy (non-hydrogen) atoms. The van der Waals surface area contributed by atoms with Crippen molar-refractivity contribution in [1.29, 1.82) is 0 Å². The number of nitrogens with zero attached hydrogens (tertiary/aromatic N) is 5. The van der Waals surface area contributed by atoms with E-state index in [0.717, 1.165) is 74.2 Å². The van der Waals surface area contributed by atoms with Crippen molar-refractivity contribution in [3.05, 3.63) is 96.3 Å². The number of pyridine rings is 1. The van der Waals surface area contributed by atoms with Gasteiger partial charge in [-0.05, 0) is 48.5 Å². The van der Waals surface area contributed by atoms with Gasteiger partial charge in [0.1, 0.15) is 5.82 Å². The Balaban J connectivity index is 1.20. The molecule has 5 aromatic rings. The number of aromatic nitrogens is 4. The summed E-state index contributed by atoms with van der Waals surface area (Å²) < 4.78 is 46.5. The molecule has 0 aliphatic carbocycles. The molecule has 0 saturated carbocycles. The van der Waals surface area contributed by atoms with Gasteiger partial charge in [0.05, 0.1) is 30.2 Å². The highest BCUT2D eigenvalue weighted by molar-refractivity contribution is 6.04. The summed E-state index contributed by atoms with van der Waals surface area (Å²) in [5.41, 5.74) is 3.15. The first-order valence-electron chi connectivity index (χ1n) is 13.8. The maximum Gasteiger partial charge on any atom is 0.416 e. The monoisotopic (exact) mass is 587 g/mol. The number of anilines is 2. The molecular formula is C31H28F3N7O2. The lowest BCUT2D eigenvalue weighted by Gasteiger charge is -2.26. The molecule has 1 aliphatic rings. The third-order valence-corrected chi connectivity index (χ3v) is 7.12. The molecule has 9 nitrogen and oxygen atoms in total. The van der Waals surface area contributed by atoms with Gasteiger partial charge in [0, 0.05) is 67.0 Å². The number of ether oxygens (including phenoxy) is 1. The zero-order valence-electron chi connectivity index (χ0n) is 23.0. The van der Waals surface area contributed by atoms with Gasteiger partial charge in [-0.2, -0.15) is 18.3 Å². The van der Waals surface area contributed by atoms with Crippen molar-refractivity contribution >= 4 is 23.1 Å². The van der Waals surface area contributed by atoms with E-state index in [9.17, 15) is 18.0 Å². The van der Waals surface area contributed by atoms with E-state index in [-0.39, 0.29) is 5.56 Å². The summed E-state index contributed by atoms with van der Waals surface area (Å²) in [5, 5.41) is 10.9. The van der Waals surface area contributed by atoms with Crippen molar-refractivity contribution < 1.29 is 22.7 Å². The highest BCUT2D eigenvalue weighted by Crippen LogP contribution is 2.30. The third-order valence-electron chi connectivity index (χ3n) is 7.12. The number of nitrogens with one attached hydrogen (secondary N) is 2. The number of hydrogen-bond donors (Lipinski definition) is 2. The zero-order valence-corrected chi connectivity index (χ0v) is 23.0. The van der Waals surface area contributed by atoms with Crippen molar-refractivity contribution in [2.24, 2.45) is 0 Å². The number of alkyl halides is 3. The second kappa shape index (κ2) is 12.2.